The first-order valence-electron chi connectivity index (χ1n) is 9.49. The van der Waals surface area contributed by atoms with E-state index in [0.29, 0.717) is 12.0 Å². The van der Waals surface area contributed by atoms with Crippen LogP contribution in [0.2, 0.25) is 0 Å². The molecule has 1 aliphatic heterocycles. The van der Waals surface area contributed by atoms with E-state index >= 15 is 0 Å². The molecule has 2 aliphatic rings. The molecule has 2 heterocycles. The van der Waals surface area contributed by atoms with E-state index < -0.39 is 0 Å². The van der Waals surface area contributed by atoms with Crippen LogP contribution in [0.4, 0.5) is 0 Å². The predicted octanol–water partition coefficient (Wildman–Crippen LogP) is 3.42. The number of guanidine groups is 1. The lowest BCUT2D eigenvalue weighted by Crippen LogP contribution is -2.50. The van der Waals surface area contributed by atoms with Gasteiger partial charge in [0.2, 0.25) is 0 Å². The number of rotatable bonds is 5. The van der Waals surface area contributed by atoms with Crippen molar-refractivity contribution in [1.29, 1.82) is 0 Å². The van der Waals surface area contributed by atoms with Gasteiger partial charge in [0.15, 0.2) is 5.96 Å². The monoisotopic (exact) mass is 348 g/mol. The lowest BCUT2D eigenvalue weighted by atomic mass is 10.0. The normalized spacial score (nSPS) is 22.7. The summed E-state index contributed by atoms with van der Waals surface area (Å²) >= 11 is 1.77. The molecule has 1 aliphatic carbocycles. The molecule has 24 heavy (non-hydrogen) atoms. The van der Waals surface area contributed by atoms with Crippen molar-refractivity contribution in [3.05, 3.63) is 22.4 Å². The molecule has 5 heteroatoms. The molecule has 0 spiro atoms. The first-order chi connectivity index (χ1) is 11.8. The third-order valence-corrected chi connectivity index (χ3v) is 6.32. The maximum absolute atomic E-state index is 4.42. The standard InChI is InChI=1S/C19H32N4S/c1-15(16-9-12-24-14-16)13-21-19(20-2)22-17-7-10-23(11-8-17)18-5-3-4-6-18/h9,12,14-15,17-18H,3-8,10-11,13H2,1-2H3,(H2,20,21,22). The summed E-state index contributed by atoms with van der Waals surface area (Å²) in [4.78, 5) is 7.14. The minimum absolute atomic E-state index is 0.513. The Kier molecular flexibility index (Phi) is 6.55. The van der Waals surface area contributed by atoms with Gasteiger partial charge in [-0.1, -0.05) is 19.8 Å². The van der Waals surface area contributed by atoms with Gasteiger partial charge >= 0.3 is 0 Å². The number of thiophene rings is 1. The Morgan fingerprint density at radius 2 is 2.04 bits per heavy atom. The smallest absolute Gasteiger partial charge is 0.191 e. The minimum atomic E-state index is 0.513. The molecule has 1 aromatic heterocycles. The van der Waals surface area contributed by atoms with Crippen molar-refractivity contribution in [2.24, 2.45) is 4.99 Å². The largest absolute Gasteiger partial charge is 0.356 e. The molecule has 1 unspecified atom stereocenters. The van der Waals surface area contributed by atoms with Gasteiger partial charge in [-0.15, -0.1) is 0 Å². The van der Waals surface area contributed by atoms with Gasteiger partial charge < -0.3 is 15.5 Å². The molecule has 3 rings (SSSR count). The summed E-state index contributed by atoms with van der Waals surface area (Å²) in [7, 11) is 1.87. The number of piperidine rings is 1. The minimum Gasteiger partial charge on any atom is -0.356 e. The number of nitrogens with one attached hydrogen (secondary N) is 2. The molecule has 0 radical (unpaired) electrons. The summed E-state index contributed by atoms with van der Waals surface area (Å²) in [5.41, 5.74) is 1.41. The van der Waals surface area contributed by atoms with Crippen LogP contribution in [0.15, 0.2) is 21.8 Å². The van der Waals surface area contributed by atoms with Crippen molar-refractivity contribution < 1.29 is 0 Å². The second-order valence-electron chi connectivity index (χ2n) is 7.30. The van der Waals surface area contributed by atoms with E-state index in [-0.39, 0.29) is 0 Å². The quantitative estimate of drug-likeness (QED) is 0.633. The molecular weight excluding hydrogens is 316 g/mol. The highest BCUT2D eigenvalue weighted by molar-refractivity contribution is 7.07. The Hall–Kier alpha value is -1.07. The second kappa shape index (κ2) is 8.86. The highest BCUT2D eigenvalue weighted by atomic mass is 32.1. The van der Waals surface area contributed by atoms with E-state index in [9.17, 15) is 0 Å². The van der Waals surface area contributed by atoms with E-state index in [2.05, 4.69) is 44.3 Å². The zero-order valence-corrected chi connectivity index (χ0v) is 15.9. The van der Waals surface area contributed by atoms with Crippen LogP contribution in [-0.4, -0.2) is 49.6 Å². The zero-order valence-electron chi connectivity index (χ0n) is 15.1. The molecule has 1 saturated heterocycles. The van der Waals surface area contributed by atoms with Gasteiger partial charge in [-0.2, -0.15) is 11.3 Å². The van der Waals surface area contributed by atoms with Crippen LogP contribution in [0.1, 0.15) is 56.9 Å². The molecule has 0 bridgehead atoms. The molecule has 134 valence electrons. The lowest BCUT2D eigenvalue weighted by molar-refractivity contribution is 0.150. The molecule has 2 N–H and O–H groups in total. The molecule has 1 aromatic rings. The number of aliphatic imine (C=N–C) groups is 1. The van der Waals surface area contributed by atoms with Gasteiger partial charge in [0.1, 0.15) is 0 Å². The average Bonchev–Trinajstić information content (AvgIpc) is 3.32. The van der Waals surface area contributed by atoms with Crippen LogP contribution in [0, 0.1) is 0 Å². The van der Waals surface area contributed by atoms with E-state index in [0.717, 1.165) is 18.5 Å². The van der Waals surface area contributed by atoms with Crippen molar-refractivity contribution in [2.75, 3.05) is 26.7 Å². The third-order valence-electron chi connectivity index (χ3n) is 5.62. The van der Waals surface area contributed by atoms with Crippen molar-refractivity contribution in [1.82, 2.24) is 15.5 Å². The highest BCUT2D eigenvalue weighted by Gasteiger charge is 2.27. The van der Waals surface area contributed by atoms with Gasteiger partial charge in [0, 0.05) is 38.8 Å². The van der Waals surface area contributed by atoms with Crippen molar-refractivity contribution in [2.45, 2.75) is 63.5 Å². The van der Waals surface area contributed by atoms with Gasteiger partial charge in [-0.3, -0.25) is 4.99 Å². The predicted molar refractivity (Wildman–Crippen MR) is 104 cm³/mol. The number of hydrogen-bond acceptors (Lipinski definition) is 3. The topological polar surface area (TPSA) is 39.7 Å². The Morgan fingerprint density at radius 1 is 1.29 bits per heavy atom. The van der Waals surface area contributed by atoms with Crippen LogP contribution in [0.25, 0.3) is 0 Å². The van der Waals surface area contributed by atoms with E-state index in [1.165, 1.54) is 57.2 Å². The van der Waals surface area contributed by atoms with Gasteiger partial charge in [-0.05, 0) is 54.0 Å². The summed E-state index contributed by atoms with van der Waals surface area (Å²) in [5.74, 6) is 1.47. The first-order valence-corrected chi connectivity index (χ1v) is 10.4. The molecule has 2 fully saturated rings. The lowest BCUT2D eigenvalue weighted by Gasteiger charge is -2.36. The van der Waals surface area contributed by atoms with E-state index in [4.69, 9.17) is 0 Å². The Balaban J connectivity index is 1.39. The SMILES string of the molecule is CN=C(NCC(C)c1ccsc1)NC1CCN(C2CCCC2)CC1. The molecule has 0 amide bonds. The van der Waals surface area contributed by atoms with Gasteiger partial charge in [0.25, 0.3) is 0 Å². The molecule has 1 atom stereocenters. The maximum atomic E-state index is 4.42. The number of nitrogens with zero attached hydrogens (tertiary/aromatic N) is 2. The Morgan fingerprint density at radius 3 is 2.67 bits per heavy atom. The van der Waals surface area contributed by atoms with Gasteiger partial charge in [-0.25, -0.2) is 0 Å². The molecule has 4 nitrogen and oxygen atoms in total. The maximum Gasteiger partial charge on any atom is 0.191 e. The molecule has 1 saturated carbocycles. The summed E-state index contributed by atoms with van der Waals surface area (Å²) in [5, 5.41) is 11.5. The van der Waals surface area contributed by atoms with Crippen LogP contribution in [0.3, 0.4) is 0 Å². The van der Waals surface area contributed by atoms with Crippen LogP contribution in [-0.2, 0) is 0 Å². The fourth-order valence-corrected chi connectivity index (χ4v) is 4.77. The Bertz CT molecular complexity index is 499. The summed E-state index contributed by atoms with van der Waals surface area (Å²) in [6.07, 6.45) is 8.17. The zero-order chi connectivity index (χ0) is 16.8. The highest BCUT2D eigenvalue weighted by Crippen LogP contribution is 2.26. The van der Waals surface area contributed by atoms with E-state index in [1.54, 1.807) is 11.3 Å². The van der Waals surface area contributed by atoms with Gasteiger partial charge in [0.05, 0.1) is 0 Å². The van der Waals surface area contributed by atoms with Crippen LogP contribution in [0.5, 0.6) is 0 Å². The summed E-state index contributed by atoms with van der Waals surface area (Å²) in [6, 6.07) is 3.64. The van der Waals surface area contributed by atoms with Crippen LogP contribution < -0.4 is 10.6 Å². The molecular formula is C19H32N4S. The fraction of sp³-hybridized carbons (Fsp3) is 0.737. The van der Waals surface area contributed by atoms with Crippen molar-refractivity contribution in [3.8, 4) is 0 Å². The van der Waals surface area contributed by atoms with E-state index in [1.807, 2.05) is 7.05 Å². The molecule has 0 aromatic carbocycles. The Labute approximate surface area is 150 Å². The average molecular weight is 349 g/mol. The number of likely N-dealkylation sites (tertiary alicyclic amines) is 1. The second-order valence-corrected chi connectivity index (χ2v) is 8.08. The first kappa shape index (κ1) is 17.7. The summed E-state index contributed by atoms with van der Waals surface area (Å²) < 4.78 is 0. The number of hydrogen-bond donors (Lipinski definition) is 2. The van der Waals surface area contributed by atoms with Crippen LogP contribution >= 0.6 is 11.3 Å². The third kappa shape index (κ3) is 4.73. The van der Waals surface area contributed by atoms with Crippen molar-refractivity contribution >= 4 is 17.3 Å². The summed E-state index contributed by atoms with van der Waals surface area (Å²) in [6.45, 7) is 5.68. The van der Waals surface area contributed by atoms with Crippen molar-refractivity contribution in [3.63, 3.8) is 0 Å². The fourth-order valence-electron chi connectivity index (χ4n) is 3.99.